The lowest BCUT2D eigenvalue weighted by molar-refractivity contribution is 0.0598. The summed E-state index contributed by atoms with van der Waals surface area (Å²) < 4.78 is 7.78. The number of methoxy groups -OCH3 is 1. The maximum atomic E-state index is 12.4. The molecular weight excluding hydrogens is 312 g/mol. The number of halogens is 1. The molecule has 0 amide bonds. The average Bonchev–Trinajstić information content (AvgIpc) is 2.69. The lowest BCUT2D eigenvalue weighted by Gasteiger charge is -2.08. The summed E-state index contributed by atoms with van der Waals surface area (Å²) in [5, 5.41) is 0.392. The summed E-state index contributed by atoms with van der Waals surface area (Å²) in [6.45, 7) is 0. The van der Waals surface area contributed by atoms with E-state index in [1.165, 1.54) is 11.8 Å². The molecule has 0 bridgehead atoms. The Labute approximate surface area is 118 Å². The van der Waals surface area contributed by atoms with Gasteiger partial charge in [-0.3, -0.25) is 9.48 Å². The molecule has 2 aromatic rings. The van der Waals surface area contributed by atoms with Gasteiger partial charge in [0, 0.05) is 12.4 Å². The Morgan fingerprint density at radius 1 is 1.32 bits per heavy atom. The van der Waals surface area contributed by atoms with Crippen LogP contribution in [0, 0.1) is 0 Å². The first-order valence-electron chi connectivity index (χ1n) is 5.62. The first kappa shape index (κ1) is 13.6. The number of hydrogen-bond acceptors (Lipinski definition) is 3. The monoisotopic (exact) mass is 324 g/mol. The molecular formula is C13H13BrN2O3. The number of carbonyl (C=O) groups is 1. The van der Waals surface area contributed by atoms with Crippen molar-refractivity contribution in [3.63, 3.8) is 0 Å². The second-order valence-corrected chi connectivity index (χ2v) is 4.48. The van der Waals surface area contributed by atoms with Crippen molar-refractivity contribution in [3.05, 3.63) is 51.9 Å². The Bertz CT molecular complexity index is 659. The van der Waals surface area contributed by atoms with Gasteiger partial charge < -0.3 is 4.74 Å². The van der Waals surface area contributed by atoms with Gasteiger partial charge in [0.2, 0.25) is 0 Å². The number of benzene rings is 1. The van der Waals surface area contributed by atoms with Gasteiger partial charge in [-0.2, -0.15) is 0 Å². The lowest BCUT2D eigenvalue weighted by Crippen LogP contribution is -2.23. The molecule has 1 aromatic carbocycles. The van der Waals surface area contributed by atoms with Crippen LogP contribution in [0.15, 0.2) is 35.1 Å². The van der Waals surface area contributed by atoms with Crippen molar-refractivity contribution in [1.82, 2.24) is 9.36 Å². The highest BCUT2D eigenvalue weighted by Gasteiger charge is 2.24. The zero-order chi connectivity index (χ0) is 14.0. The number of rotatable bonds is 3. The predicted molar refractivity (Wildman–Crippen MR) is 75.0 cm³/mol. The van der Waals surface area contributed by atoms with Crippen LogP contribution in [0.4, 0.5) is 0 Å². The van der Waals surface area contributed by atoms with E-state index < -0.39 is 5.97 Å². The summed E-state index contributed by atoms with van der Waals surface area (Å²) >= 11 is 3.30. The molecule has 5 nitrogen and oxygen atoms in total. The summed E-state index contributed by atoms with van der Waals surface area (Å²) in [6, 6.07) is 9.14. The van der Waals surface area contributed by atoms with E-state index >= 15 is 0 Å². The minimum Gasteiger partial charge on any atom is -0.465 e. The third-order valence-corrected chi connectivity index (χ3v) is 3.43. The number of hydrogen-bond donors (Lipinski definition) is 0. The molecule has 1 heterocycles. The van der Waals surface area contributed by atoms with Crippen LogP contribution in [-0.4, -0.2) is 22.4 Å². The fourth-order valence-electron chi connectivity index (χ4n) is 1.97. The molecule has 1 aromatic heterocycles. The van der Waals surface area contributed by atoms with Crippen molar-refractivity contribution in [2.75, 3.05) is 7.11 Å². The van der Waals surface area contributed by atoms with Gasteiger partial charge in [-0.1, -0.05) is 34.1 Å². The number of ether oxygens (including phenoxy) is 1. The molecule has 0 aliphatic heterocycles. The predicted octanol–water partition coefficient (Wildman–Crippen LogP) is 1.86. The van der Waals surface area contributed by atoms with Crippen LogP contribution in [0.3, 0.4) is 0 Å². The smallest absolute Gasteiger partial charge is 0.345 e. The van der Waals surface area contributed by atoms with Gasteiger partial charge in [0.15, 0.2) is 0 Å². The average molecular weight is 325 g/mol. The van der Waals surface area contributed by atoms with Gasteiger partial charge in [-0.15, -0.1) is 0 Å². The highest BCUT2D eigenvalue weighted by Crippen LogP contribution is 2.14. The van der Waals surface area contributed by atoms with Gasteiger partial charge in [0.25, 0.3) is 5.56 Å². The molecule has 0 unspecified atom stereocenters. The molecule has 0 radical (unpaired) electrons. The van der Waals surface area contributed by atoms with Crippen LogP contribution in [-0.2, 0) is 17.1 Å². The largest absolute Gasteiger partial charge is 0.465 e. The quantitative estimate of drug-likeness (QED) is 0.639. The van der Waals surface area contributed by atoms with Gasteiger partial charge >= 0.3 is 5.97 Å². The molecule has 2 rings (SSSR count). The Morgan fingerprint density at radius 3 is 2.47 bits per heavy atom. The van der Waals surface area contributed by atoms with Gasteiger partial charge in [-0.05, 0) is 12.1 Å². The summed E-state index contributed by atoms with van der Waals surface area (Å²) in [5.74, 6) is -0.621. The molecule has 0 saturated carbocycles. The van der Waals surface area contributed by atoms with Crippen LogP contribution in [0.25, 0.3) is 5.69 Å². The summed E-state index contributed by atoms with van der Waals surface area (Å²) in [4.78, 5) is 24.1. The molecule has 0 spiro atoms. The first-order valence-corrected chi connectivity index (χ1v) is 6.74. The van der Waals surface area contributed by atoms with E-state index in [-0.39, 0.29) is 11.1 Å². The number of esters is 1. The van der Waals surface area contributed by atoms with E-state index in [1.54, 1.807) is 23.9 Å². The number of nitrogens with zero attached hydrogens (tertiary/aromatic N) is 2. The van der Waals surface area contributed by atoms with Gasteiger partial charge in [-0.25, -0.2) is 9.48 Å². The van der Waals surface area contributed by atoms with E-state index in [1.807, 2.05) is 18.2 Å². The number of alkyl halides is 1. The van der Waals surface area contributed by atoms with E-state index in [2.05, 4.69) is 20.7 Å². The molecule has 0 N–H and O–H groups in total. The standard InChI is InChI=1S/C13H13BrN2O3/c1-15-10(8-14)11(13(18)19-2)12(17)16(15)9-6-4-3-5-7-9/h3-7H,8H2,1-2H3. The van der Waals surface area contributed by atoms with E-state index in [4.69, 9.17) is 0 Å². The third-order valence-electron chi connectivity index (χ3n) is 2.90. The molecule has 0 aliphatic rings. The van der Waals surface area contributed by atoms with E-state index in [9.17, 15) is 9.59 Å². The Hall–Kier alpha value is -1.82. The van der Waals surface area contributed by atoms with Crippen LogP contribution >= 0.6 is 15.9 Å². The van der Waals surface area contributed by atoms with Crippen molar-refractivity contribution in [3.8, 4) is 5.69 Å². The normalized spacial score (nSPS) is 10.5. The van der Waals surface area contributed by atoms with Crippen molar-refractivity contribution in [2.24, 2.45) is 7.05 Å². The zero-order valence-electron chi connectivity index (χ0n) is 10.6. The van der Waals surface area contributed by atoms with Crippen LogP contribution in [0.1, 0.15) is 16.1 Å². The molecule has 0 saturated heterocycles. The molecule has 6 heteroatoms. The van der Waals surface area contributed by atoms with Crippen LogP contribution in [0.5, 0.6) is 0 Å². The second kappa shape index (κ2) is 5.44. The van der Waals surface area contributed by atoms with Crippen molar-refractivity contribution < 1.29 is 9.53 Å². The summed E-state index contributed by atoms with van der Waals surface area (Å²) in [5.41, 5.74) is 0.966. The highest BCUT2D eigenvalue weighted by atomic mass is 79.9. The molecule has 0 atom stereocenters. The number of aromatic nitrogens is 2. The summed E-state index contributed by atoms with van der Waals surface area (Å²) in [7, 11) is 3.00. The minimum atomic E-state index is -0.621. The summed E-state index contributed by atoms with van der Waals surface area (Å²) in [6.07, 6.45) is 0. The van der Waals surface area contributed by atoms with E-state index in [0.717, 1.165) is 0 Å². The van der Waals surface area contributed by atoms with Crippen molar-refractivity contribution >= 4 is 21.9 Å². The molecule has 19 heavy (non-hydrogen) atoms. The van der Waals surface area contributed by atoms with Crippen LogP contribution < -0.4 is 5.56 Å². The zero-order valence-corrected chi connectivity index (χ0v) is 12.2. The SMILES string of the molecule is COC(=O)c1c(CBr)n(C)n(-c2ccccc2)c1=O. The number of carbonyl (C=O) groups excluding carboxylic acids is 1. The van der Waals surface area contributed by atoms with Gasteiger partial charge in [0.05, 0.1) is 18.5 Å². The minimum absolute atomic E-state index is 0.0609. The second-order valence-electron chi connectivity index (χ2n) is 3.92. The highest BCUT2D eigenvalue weighted by molar-refractivity contribution is 9.08. The van der Waals surface area contributed by atoms with Crippen molar-refractivity contribution in [1.29, 1.82) is 0 Å². The molecule has 0 fully saturated rings. The lowest BCUT2D eigenvalue weighted by atomic mass is 10.2. The first-order chi connectivity index (χ1) is 9.11. The van der Waals surface area contributed by atoms with Crippen molar-refractivity contribution in [2.45, 2.75) is 5.33 Å². The van der Waals surface area contributed by atoms with Gasteiger partial charge in [0.1, 0.15) is 5.56 Å². The molecule has 100 valence electrons. The maximum absolute atomic E-state index is 12.4. The Morgan fingerprint density at radius 2 is 1.95 bits per heavy atom. The Kier molecular flexibility index (Phi) is 3.90. The fourth-order valence-corrected chi connectivity index (χ4v) is 2.61. The Balaban J connectivity index is 2.75. The topological polar surface area (TPSA) is 53.2 Å². The number of para-hydroxylation sites is 1. The fraction of sp³-hybridized carbons (Fsp3) is 0.231. The third kappa shape index (κ3) is 2.23. The van der Waals surface area contributed by atoms with Crippen LogP contribution in [0.2, 0.25) is 0 Å². The molecule has 0 aliphatic carbocycles. The van der Waals surface area contributed by atoms with E-state index in [0.29, 0.717) is 16.7 Å². The maximum Gasteiger partial charge on any atom is 0.345 e.